The smallest absolute Gasteiger partial charge is 0.103 e. The molecule has 0 amide bonds. The van der Waals surface area contributed by atoms with Crippen molar-refractivity contribution in [3.8, 4) is 6.07 Å². The van der Waals surface area contributed by atoms with Gasteiger partial charge in [-0.15, -0.1) is 0 Å². The first-order valence-corrected chi connectivity index (χ1v) is 9.94. The largest absolute Gasteiger partial charge is 0.392 e. The van der Waals surface area contributed by atoms with E-state index in [4.69, 9.17) is 0 Å². The van der Waals surface area contributed by atoms with Gasteiger partial charge < -0.3 is 20.3 Å². The Hall–Kier alpha value is -3.14. The monoisotopic (exact) mass is 387 g/mol. The Kier molecular flexibility index (Phi) is 5.61. The number of anilines is 2. The number of rotatable bonds is 6. The number of hydrogen-bond acceptors (Lipinski definition) is 5. The summed E-state index contributed by atoms with van der Waals surface area (Å²) in [5, 5.41) is 23.8. The van der Waals surface area contributed by atoms with Gasteiger partial charge in [-0.25, -0.2) is 0 Å². The summed E-state index contributed by atoms with van der Waals surface area (Å²) in [6.07, 6.45) is 11.0. The summed E-state index contributed by atoms with van der Waals surface area (Å²) in [4.78, 5) is 9.72. The van der Waals surface area contributed by atoms with Gasteiger partial charge in [-0.05, 0) is 43.5 Å². The summed E-state index contributed by atoms with van der Waals surface area (Å²) in [5.74, 6) is 0. The minimum Gasteiger partial charge on any atom is -0.392 e. The third-order valence-corrected chi connectivity index (χ3v) is 5.52. The third-order valence-electron chi connectivity index (χ3n) is 5.52. The van der Waals surface area contributed by atoms with E-state index in [0.29, 0.717) is 5.56 Å². The number of aryl methyl sites for hydroxylation is 1. The van der Waals surface area contributed by atoms with Gasteiger partial charge in [0, 0.05) is 60.4 Å². The number of aromatic nitrogens is 2. The maximum Gasteiger partial charge on any atom is 0.103 e. The fourth-order valence-corrected chi connectivity index (χ4v) is 3.86. The first kappa shape index (κ1) is 19.2. The van der Waals surface area contributed by atoms with Gasteiger partial charge in [-0.2, -0.15) is 5.26 Å². The van der Waals surface area contributed by atoms with Crippen molar-refractivity contribution in [3.05, 3.63) is 59.6 Å². The number of hydrogen-bond donors (Lipinski definition) is 3. The van der Waals surface area contributed by atoms with Crippen molar-refractivity contribution in [2.75, 3.05) is 25.0 Å². The first-order valence-electron chi connectivity index (χ1n) is 9.94. The van der Waals surface area contributed by atoms with Crippen LogP contribution in [0.1, 0.15) is 29.5 Å². The minimum absolute atomic E-state index is 0.188. The molecule has 0 saturated carbocycles. The summed E-state index contributed by atoms with van der Waals surface area (Å²) < 4.78 is 0. The second kappa shape index (κ2) is 8.48. The molecule has 2 aromatic heterocycles. The van der Waals surface area contributed by atoms with Gasteiger partial charge in [0.15, 0.2) is 0 Å². The second-order valence-corrected chi connectivity index (χ2v) is 7.50. The van der Waals surface area contributed by atoms with E-state index in [1.165, 1.54) is 0 Å². The van der Waals surface area contributed by atoms with Crippen molar-refractivity contribution >= 4 is 28.4 Å². The number of nitrogens with zero attached hydrogens (tertiary/aromatic N) is 3. The topological polar surface area (TPSA) is 88.0 Å². The van der Waals surface area contributed by atoms with Crippen LogP contribution in [-0.2, 0) is 0 Å². The molecule has 29 heavy (non-hydrogen) atoms. The van der Waals surface area contributed by atoms with Crippen molar-refractivity contribution in [1.82, 2.24) is 14.9 Å². The molecule has 0 radical (unpaired) electrons. The summed E-state index contributed by atoms with van der Waals surface area (Å²) in [7, 11) is 0. The summed E-state index contributed by atoms with van der Waals surface area (Å²) in [5.41, 5.74) is 5.37. The zero-order valence-corrected chi connectivity index (χ0v) is 16.5. The standard InChI is InChI=1S/C23H25N5O/c1-16-20-7-9-26-22(20)6-5-21(16)27-23-17(13-25-14-18(23)12-24)4-2-3-10-28-11-8-19(29)15-28/h2,4-7,9,13-14,19,26,29H,3,8,10-11,15H2,1H3,(H,25,27)/b4-2+/t19-/m1/s1. The van der Waals surface area contributed by atoms with Crippen LogP contribution in [0.15, 0.2) is 42.9 Å². The van der Waals surface area contributed by atoms with Crippen molar-refractivity contribution in [1.29, 1.82) is 5.26 Å². The average molecular weight is 387 g/mol. The number of aliphatic hydroxyl groups is 1. The van der Waals surface area contributed by atoms with Crippen LogP contribution in [0.3, 0.4) is 0 Å². The number of benzene rings is 1. The molecular formula is C23H25N5O. The quantitative estimate of drug-likeness (QED) is 0.596. The Morgan fingerprint density at radius 2 is 2.28 bits per heavy atom. The highest BCUT2D eigenvalue weighted by atomic mass is 16.3. The van der Waals surface area contributed by atoms with E-state index < -0.39 is 0 Å². The fourth-order valence-electron chi connectivity index (χ4n) is 3.86. The molecule has 1 atom stereocenters. The summed E-state index contributed by atoms with van der Waals surface area (Å²) in [6.45, 7) is 4.71. The molecule has 1 saturated heterocycles. The van der Waals surface area contributed by atoms with E-state index in [-0.39, 0.29) is 6.10 Å². The van der Waals surface area contributed by atoms with Crippen LogP contribution in [0.4, 0.5) is 11.4 Å². The molecule has 1 fully saturated rings. The third kappa shape index (κ3) is 4.16. The van der Waals surface area contributed by atoms with Gasteiger partial charge in [0.1, 0.15) is 6.07 Å². The molecule has 0 aliphatic carbocycles. The van der Waals surface area contributed by atoms with E-state index in [0.717, 1.165) is 65.9 Å². The van der Waals surface area contributed by atoms with Crippen LogP contribution >= 0.6 is 0 Å². The van der Waals surface area contributed by atoms with Gasteiger partial charge in [0.2, 0.25) is 0 Å². The molecule has 0 unspecified atom stereocenters. The molecule has 1 aromatic carbocycles. The number of nitrogens with one attached hydrogen (secondary N) is 2. The molecule has 6 heteroatoms. The molecule has 0 bridgehead atoms. The van der Waals surface area contributed by atoms with E-state index in [2.05, 4.69) is 45.3 Å². The second-order valence-electron chi connectivity index (χ2n) is 7.50. The van der Waals surface area contributed by atoms with E-state index in [9.17, 15) is 10.4 Å². The molecule has 3 N–H and O–H groups in total. The molecule has 3 heterocycles. The molecule has 4 rings (SSSR count). The molecule has 3 aromatic rings. The zero-order chi connectivity index (χ0) is 20.2. The molecular weight excluding hydrogens is 362 g/mol. The normalized spacial score (nSPS) is 17.2. The predicted octanol–water partition coefficient (Wildman–Crippen LogP) is 3.96. The predicted molar refractivity (Wildman–Crippen MR) is 116 cm³/mol. The van der Waals surface area contributed by atoms with E-state index in [1.54, 1.807) is 12.4 Å². The van der Waals surface area contributed by atoms with Crippen molar-refractivity contribution in [3.63, 3.8) is 0 Å². The van der Waals surface area contributed by atoms with Gasteiger partial charge in [0.05, 0.1) is 17.4 Å². The van der Waals surface area contributed by atoms with Crippen LogP contribution in [0, 0.1) is 18.3 Å². The Labute approximate surface area is 170 Å². The number of pyridine rings is 1. The van der Waals surface area contributed by atoms with Crippen LogP contribution in [0.25, 0.3) is 17.0 Å². The highest BCUT2D eigenvalue weighted by Crippen LogP contribution is 2.30. The number of H-pyrrole nitrogens is 1. The highest BCUT2D eigenvalue weighted by Gasteiger charge is 2.18. The molecule has 6 nitrogen and oxygen atoms in total. The number of nitriles is 1. The summed E-state index contributed by atoms with van der Waals surface area (Å²) in [6, 6.07) is 8.38. The maximum atomic E-state index is 9.63. The fraction of sp³-hybridized carbons (Fsp3) is 0.304. The molecule has 0 spiro atoms. The van der Waals surface area contributed by atoms with Crippen LogP contribution in [-0.4, -0.2) is 45.7 Å². The molecule has 1 aliphatic heterocycles. The number of aliphatic hydroxyl groups excluding tert-OH is 1. The first-order chi connectivity index (χ1) is 14.2. The van der Waals surface area contributed by atoms with Gasteiger partial charge in [0.25, 0.3) is 0 Å². The average Bonchev–Trinajstić information content (AvgIpc) is 3.37. The maximum absolute atomic E-state index is 9.63. The Bertz CT molecular complexity index is 1080. The summed E-state index contributed by atoms with van der Waals surface area (Å²) >= 11 is 0. The van der Waals surface area contributed by atoms with Crippen LogP contribution in [0.5, 0.6) is 0 Å². The highest BCUT2D eigenvalue weighted by molar-refractivity contribution is 5.89. The van der Waals surface area contributed by atoms with Gasteiger partial charge in [-0.3, -0.25) is 4.98 Å². The van der Waals surface area contributed by atoms with Crippen molar-refractivity contribution in [2.45, 2.75) is 25.9 Å². The van der Waals surface area contributed by atoms with Crippen molar-refractivity contribution in [2.24, 2.45) is 0 Å². The van der Waals surface area contributed by atoms with Crippen LogP contribution < -0.4 is 5.32 Å². The lowest BCUT2D eigenvalue weighted by molar-refractivity contribution is 0.177. The van der Waals surface area contributed by atoms with E-state index >= 15 is 0 Å². The number of fused-ring (bicyclic) bond motifs is 1. The number of likely N-dealkylation sites (tertiary alicyclic amines) is 1. The van der Waals surface area contributed by atoms with Gasteiger partial charge in [-0.1, -0.05) is 12.2 Å². The lowest BCUT2D eigenvalue weighted by atomic mass is 10.1. The van der Waals surface area contributed by atoms with E-state index in [1.807, 2.05) is 24.4 Å². The Balaban J connectivity index is 1.55. The SMILES string of the molecule is Cc1c(Nc2c(C#N)cncc2/C=C/CCN2CC[C@@H](O)C2)ccc2[nH]ccc12. The number of aromatic amines is 1. The lowest BCUT2D eigenvalue weighted by Gasteiger charge is -2.15. The van der Waals surface area contributed by atoms with Crippen LogP contribution in [0.2, 0.25) is 0 Å². The Morgan fingerprint density at radius 3 is 3.07 bits per heavy atom. The molecule has 148 valence electrons. The number of β-amino-alcohol motifs (C(OH)–C–C–N with tert-alkyl or cyclic N) is 1. The molecule has 1 aliphatic rings. The van der Waals surface area contributed by atoms with Crippen molar-refractivity contribution < 1.29 is 5.11 Å². The minimum atomic E-state index is -0.188. The lowest BCUT2D eigenvalue weighted by Crippen LogP contribution is -2.22. The van der Waals surface area contributed by atoms with Gasteiger partial charge >= 0.3 is 0 Å². The zero-order valence-electron chi connectivity index (χ0n) is 16.5. The Morgan fingerprint density at radius 1 is 1.38 bits per heavy atom.